The minimum Gasteiger partial charge on any atom is -0.378 e. The molecule has 2 saturated heterocycles. The Balaban J connectivity index is 1.42. The third-order valence-corrected chi connectivity index (χ3v) is 5.79. The Morgan fingerprint density at radius 3 is 2.28 bits per heavy atom. The first kappa shape index (κ1) is 21.7. The van der Waals surface area contributed by atoms with E-state index in [1.54, 1.807) is 12.1 Å². The predicted octanol–water partition coefficient (Wildman–Crippen LogP) is 0.868. The lowest BCUT2D eigenvalue weighted by Crippen LogP contribution is -2.55. The molecule has 0 saturated carbocycles. The summed E-state index contributed by atoms with van der Waals surface area (Å²) in [4.78, 5) is 31.2. The number of hydrogen-bond donors (Lipinski definition) is 1. The third-order valence-electron chi connectivity index (χ3n) is 5.79. The van der Waals surface area contributed by atoms with Crippen LogP contribution in [0.3, 0.4) is 0 Å². The van der Waals surface area contributed by atoms with Gasteiger partial charge >= 0.3 is 0 Å². The van der Waals surface area contributed by atoms with Crippen molar-refractivity contribution in [1.29, 1.82) is 0 Å². The van der Waals surface area contributed by atoms with Crippen molar-refractivity contribution in [1.82, 2.24) is 20.0 Å². The number of benzene rings is 1. The van der Waals surface area contributed by atoms with Gasteiger partial charge in [0.2, 0.25) is 11.8 Å². The molecule has 1 aromatic rings. The number of piperazine rings is 1. The van der Waals surface area contributed by atoms with E-state index in [4.69, 9.17) is 4.74 Å². The molecular weight excluding hydrogens is 375 g/mol. The van der Waals surface area contributed by atoms with Gasteiger partial charge in [0.25, 0.3) is 0 Å². The van der Waals surface area contributed by atoms with Crippen LogP contribution in [-0.4, -0.2) is 91.6 Å². The fourth-order valence-corrected chi connectivity index (χ4v) is 3.75. The number of carbonyl (C=O) groups is 2. The first-order valence-electron chi connectivity index (χ1n) is 10.3. The van der Waals surface area contributed by atoms with E-state index in [-0.39, 0.29) is 29.7 Å². The van der Waals surface area contributed by atoms with Crippen molar-refractivity contribution in [3.63, 3.8) is 0 Å². The van der Waals surface area contributed by atoms with Crippen LogP contribution >= 0.6 is 0 Å². The SMILES string of the molecule is CC(NC(=O)C(C)N1CCN(CC(=O)N2CCOCC2)CC1)c1ccc(F)cc1. The first-order chi connectivity index (χ1) is 13.9. The molecule has 0 aromatic heterocycles. The molecule has 0 bridgehead atoms. The van der Waals surface area contributed by atoms with Crippen LogP contribution < -0.4 is 5.32 Å². The molecule has 0 radical (unpaired) electrons. The molecule has 7 nitrogen and oxygen atoms in total. The maximum Gasteiger partial charge on any atom is 0.237 e. The van der Waals surface area contributed by atoms with Gasteiger partial charge in [-0.1, -0.05) is 12.1 Å². The molecule has 160 valence electrons. The molecule has 29 heavy (non-hydrogen) atoms. The van der Waals surface area contributed by atoms with Gasteiger partial charge in [0.05, 0.1) is 31.8 Å². The fourth-order valence-electron chi connectivity index (χ4n) is 3.75. The van der Waals surface area contributed by atoms with Gasteiger partial charge in [-0.05, 0) is 31.5 Å². The van der Waals surface area contributed by atoms with Crippen LogP contribution in [0.15, 0.2) is 24.3 Å². The second-order valence-electron chi connectivity index (χ2n) is 7.76. The van der Waals surface area contributed by atoms with Crippen LogP contribution in [0, 0.1) is 5.82 Å². The van der Waals surface area contributed by atoms with Gasteiger partial charge in [-0.2, -0.15) is 0 Å². The van der Waals surface area contributed by atoms with Crippen LogP contribution in [0.2, 0.25) is 0 Å². The molecule has 1 N–H and O–H groups in total. The molecule has 2 atom stereocenters. The number of halogens is 1. The monoisotopic (exact) mass is 406 g/mol. The highest BCUT2D eigenvalue weighted by Crippen LogP contribution is 2.14. The Kier molecular flexibility index (Phi) is 7.57. The van der Waals surface area contributed by atoms with Crippen molar-refractivity contribution in [2.24, 2.45) is 0 Å². The van der Waals surface area contributed by atoms with E-state index in [9.17, 15) is 14.0 Å². The van der Waals surface area contributed by atoms with E-state index < -0.39 is 0 Å². The van der Waals surface area contributed by atoms with Gasteiger partial charge in [-0.25, -0.2) is 4.39 Å². The zero-order chi connectivity index (χ0) is 20.8. The number of amides is 2. The molecule has 2 heterocycles. The Bertz CT molecular complexity index is 686. The van der Waals surface area contributed by atoms with Crippen molar-refractivity contribution >= 4 is 11.8 Å². The Labute approximate surface area is 171 Å². The summed E-state index contributed by atoms with van der Waals surface area (Å²) in [6.07, 6.45) is 0. The maximum atomic E-state index is 13.1. The minimum absolute atomic E-state index is 0.0420. The normalized spacial score (nSPS) is 20.9. The van der Waals surface area contributed by atoms with Crippen molar-refractivity contribution in [3.8, 4) is 0 Å². The standard InChI is InChI=1S/C21H31FN4O3/c1-16(18-3-5-19(22)6-4-18)23-21(28)17(2)25-9-7-24(8-10-25)15-20(27)26-11-13-29-14-12-26/h3-6,16-17H,7-15H2,1-2H3,(H,23,28). The number of carbonyl (C=O) groups excluding carboxylic acids is 2. The van der Waals surface area contributed by atoms with E-state index in [0.29, 0.717) is 32.8 Å². The van der Waals surface area contributed by atoms with Crippen LogP contribution in [0.4, 0.5) is 4.39 Å². The topological polar surface area (TPSA) is 65.1 Å². The molecule has 2 aliphatic heterocycles. The van der Waals surface area contributed by atoms with Crippen molar-refractivity contribution in [3.05, 3.63) is 35.6 Å². The largest absolute Gasteiger partial charge is 0.378 e. The zero-order valence-electron chi connectivity index (χ0n) is 17.3. The smallest absolute Gasteiger partial charge is 0.237 e. The van der Waals surface area contributed by atoms with Crippen molar-refractivity contribution in [2.75, 3.05) is 59.0 Å². The summed E-state index contributed by atoms with van der Waals surface area (Å²) < 4.78 is 18.4. The van der Waals surface area contributed by atoms with E-state index in [1.165, 1.54) is 12.1 Å². The fraction of sp³-hybridized carbons (Fsp3) is 0.619. The molecule has 3 rings (SSSR count). The summed E-state index contributed by atoms with van der Waals surface area (Å²) in [6, 6.07) is 5.75. The van der Waals surface area contributed by atoms with Gasteiger partial charge in [0.15, 0.2) is 0 Å². The first-order valence-corrected chi connectivity index (χ1v) is 10.3. The number of nitrogens with zero attached hydrogens (tertiary/aromatic N) is 3. The lowest BCUT2D eigenvalue weighted by atomic mass is 10.1. The average molecular weight is 407 g/mol. The zero-order valence-corrected chi connectivity index (χ0v) is 17.3. The Morgan fingerprint density at radius 2 is 1.66 bits per heavy atom. The maximum absolute atomic E-state index is 13.1. The van der Waals surface area contributed by atoms with Crippen LogP contribution in [0.5, 0.6) is 0 Å². The van der Waals surface area contributed by atoms with Gasteiger partial charge in [-0.3, -0.25) is 19.4 Å². The van der Waals surface area contributed by atoms with E-state index in [1.807, 2.05) is 18.7 Å². The number of ether oxygens (including phenoxy) is 1. The summed E-state index contributed by atoms with van der Waals surface area (Å²) in [5.41, 5.74) is 0.874. The van der Waals surface area contributed by atoms with Gasteiger partial charge in [0, 0.05) is 39.3 Å². The lowest BCUT2D eigenvalue weighted by molar-refractivity contribution is -0.137. The van der Waals surface area contributed by atoms with E-state index in [2.05, 4.69) is 15.1 Å². The Hall–Kier alpha value is -2.03. The summed E-state index contributed by atoms with van der Waals surface area (Å²) in [5.74, 6) is -0.175. The number of hydrogen-bond acceptors (Lipinski definition) is 5. The number of morpholine rings is 1. The highest BCUT2D eigenvalue weighted by molar-refractivity contribution is 5.81. The molecule has 2 aliphatic rings. The summed E-state index contributed by atoms with van der Waals surface area (Å²) in [7, 11) is 0. The second kappa shape index (κ2) is 10.1. The molecule has 8 heteroatoms. The second-order valence-corrected chi connectivity index (χ2v) is 7.76. The minimum atomic E-state index is -0.286. The highest BCUT2D eigenvalue weighted by atomic mass is 19.1. The third kappa shape index (κ3) is 5.98. The molecule has 0 spiro atoms. The molecule has 2 fully saturated rings. The summed E-state index contributed by atoms with van der Waals surface area (Å²) in [5, 5.41) is 3.01. The molecule has 1 aromatic carbocycles. The predicted molar refractivity (Wildman–Crippen MR) is 108 cm³/mol. The molecule has 0 aliphatic carbocycles. The molecule has 2 amide bonds. The number of nitrogens with one attached hydrogen (secondary N) is 1. The average Bonchev–Trinajstić information content (AvgIpc) is 2.74. The quantitative estimate of drug-likeness (QED) is 0.760. The van der Waals surface area contributed by atoms with Gasteiger partial charge < -0.3 is 15.0 Å². The molecular formula is C21H31FN4O3. The Morgan fingerprint density at radius 1 is 1.03 bits per heavy atom. The van der Waals surface area contributed by atoms with Crippen molar-refractivity contribution < 1.29 is 18.7 Å². The highest BCUT2D eigenvalue weighted by Gasteiger charge is 2.28. The lowest BCUT2D eigenvalue weighted by Gasteiger charge is -2.38. The van der Waals surface area contributed by atoms with Crippen LogP contribution in [0.25, 0.3) is 0 Å². The summed E-state index contributed by atoms with van der Waals surface area (Å²) in [6.45, 7) is 9.81. The molecule has 2 unspecified atom stereocenters. The van der Waals surface area contributed by atoms with E-state index >= 15 is 0 Å². The van der Waals surface area contributed by atoms with Crippen molar-refractivity contribution in [2.45, 2.75) is 25.9 Å². The summed E-state index contributed by atoms with van der Waals surface area (Å²) >= 11 is 0. The number of rotatable bonds is 6. The van der Waals surface area contributed by atoms with Gasteiger partial charge in [-0.15, -0.1) is 0 Å². The van der Waals surface area contributed by atoms with E-state index in [0.717, 1.165) is 31.7 Å². The van der Waals surface area contributed by atoms with Gasteiger partial charge in [0.1, 0.15) is 5.82 Å². The van der Waals surface area contributed by atoms with Crippen LogP contribution in [0.1, 0.15) is 25.5 Å². The van der Waals surface area contributed by atoms with Crippen LogP contribution in [-0.2, 0) is 14.3 Å².